The molecule has 206 valence electrons. The van der Waals surface area contributed by atoms with Crippen molar-refractivity contribution in [2.75, 3.05) is 0 Å². The van der Waals surface area contributed by atoms with Gasteiger partial charge in [-0.15, -0.1) is 0 Å². The maximum absolute atomic E-state index is 3.99. The van der Waals surface area contributed by atoms with Crippen LogP contribution in [0.2, 0.25) is 3.67 Å². The first kappa shape index (κ1) is 29.1. The average molecular weight is 693 g/mol. The summed E-state index contributed by atoms with van der Waals surface area (Å²) in [6.07, 6.45) is 16.5. The molecule has 2 aliphatic carbocycles. The zero-order valence-electron chi connectivity index (χ0n) is 25.4. The third-order valence-corrected chi connectivity index (χ3v) is 21.6. The van der Waals surface area contributed by atoms with Crippen molar-refractivity contribution in [1.82, 2.24) is 0 Å². The summed E-state index contributed by atoms with van der Waals surface area (Å²) in [6.45, 7) is 18.1. The summed E-state index contributed by atoms with van der Waals surface area (Å²) in [7, 11) is 0. The van der Waals surface area contributed by atoms with E-state index in [2.05, 4.69) is 145 Å². The normalized spacial score (nSPS) is 15.8. The van der Waals surface area contributed by atoms with Crippen LogP contribution in [0.1, 0.15) is 98.7 Å². The molecule has 0 aliphatic heterocycles. The first-order valence-electron chi connectivity index (χ1n) is 15.1. The molecule has 0 radical (unpaired) electrons. The molecule has 0 spiro atoms. The van der Waals surface area contributed by atoms with Crippen molar-refractivity contribution in [3.05, 3.63) is 132 Å². The molecule has 3 aromatic carbocycles. The van der Waals surface area contributed by atoms with E-state index in [4.69, 9.17) is 0 Å². The maximum atomic E-state index is 3.99. The summed E-state index contributed by atoms with van der Waals surface area (Å²) in [5.74, 6) is 0. The van der Waals surface area contributed by atoms with Crippen molar-refractivity contribution in [3.8, 4) is 11.1 Å². The molecule has 0 saturated heterocycles. The van der Waals surface area contributed by atoms with Crippen molar-refractivity contribution >= 4 is 3.26 Å². The Morgan fingerprint density at radius 2 is 1.30 bits per heavy atom. The van der Waals surface area contributed by atoms with Gasteiger partial charge in [-0.2, -0.15) is 0 Å². The van der Waals surface area contributed by atoms with E-state index >= 15 is 0 Å². The predicted molar refractivity (Wildman–Crippen MR) is 172 cm³/mol. The van der Waals surface area contributed by atoms with Crippen LogP contribution >= 0.6 is 0 Å². The van der Waals surface area contributed by atoms with E-state index < -0.39 is 21.0 Å². The number of unbranched alkanes of at least 4 members (excludes halogenated alkanes) is 2. The molecule has 0 atom stereocenters. The molecular formula is C39H46Hf. The van der Waals surface area contributed by atoms with E-state index in [1.165, 1.54) is 47.1 Å². The molecule has 3 aromatic rings. The Kier molecular flexibility index (Phi) is 8.63. The fraction of sp³-hybridized carbons (Fsp3) is 0.359. The molecule has 0 fully saturated rings. The van der Waals surface area contributed by atoms with Crippen LogP contribution in [-0.4, -0.2) is 3.26 Å². The van der Waals surface area contributed by atoms with E-state index in [9.17, 15) is 0 Å². The number of benzene rings is 3. The van der Waals surface area contributed by atoms with Crippen molar-refractivity contribution in [3.63, 3.8) is 0 Å². The van der Waals surface area contributed by atoms with Crippen LogP contribution in [0.25, 0.3) is 11.1 Å². The topological polar surface area (TPSA) is 0 Å². The summed E-state index contributed by atoms with van der Waals surface area (Å²) in [6, 6.07) is 26.3. The van der Waals surface area contributed by atoms with Gasteiger partial charge < -0.3 is 0 Å². The van der Waals surface area contributed by atoms with E-state index in [0.29, 0.717) is 7.35 Å². The minimum absolute atomic E-state index is 0.125. The first-order valence-corrected chi connectivity index (χ1v) is 21.1. The molecule has 0 unspecified atom stereocenters. The molecule has 40 heavy (non-hydrogen) atoms. The van der Waals surface area contributed by atoms with Crippen LogP contribution in [0.3, 0.4) is 0 Å². The second kappa shape index (κ2) is 11.8. The van der Waals surface area contributed by atoms with E-state index in [0.717, 1.165) is 6.42 Å². The molecular weight excluding hydrogens is 647 g/mol. The predicted octanol–water partition coefficient (Wildman–Crippen LogP) is 10.9. The van der Waals surface area contributed by atoms with E-state index in [1.807, 2.05) is 3.26 Å². The van der Waals surface area contributed by atoms with E-state index in [1.54, 1.807) is 11.1 Å². The van der Waals surface area contributed by atoms with Crippen LogP contribution in [0.4, 0.5) is 0 Å². The van der Waals surface area contributed by atoms with Crippen molar-refractivity contribution in [2.45, 2.75) is 85.4 Å². The van der Waals surface area contributed by atoms with Gasteiger partial charge in [0.15, 0.2) is 0 Å². The van der Waals surface area contributed by atoms with Crippen molar-refractivity contribution in [2.24, 2.45) is 0 Å². The summed E-state index contributed by atoms with van der Waals surface area (Å²) in [4.78, 5) is 0. The Labute approximate surface area is 251 Å². The summed E-state index contributed by atoms with van der Waals surface area (Å²) in [5.41, 5.74) is 10.8. The van der Waals surface area contributed by atoms with Gasteiger partial charge in [0, 0.05) is 0 Å². The zero-order chi connectivity index (χ0) is 28.5. The Bertz CT molecular complexity index is 1390. The monoisotopic (exact) mass is 694 g/mol. The zero-order valence-corrected chi connectivity index (χ0v) is 29.0. The van der Waals surface area contributed by atoms with Gasteiger partial charge in [0.25, 0.3) is 0 Å². The Morgan fingerprint density at radius 3 is 1.80 bits per heavy atom. The standard InChI is InChI=1S/C21H25.C13H16.C5H5.Hf/c1-20(2,3)16-7-9-18-14(12-16)11-15-13-17(21(4,5)6)8-10-19(15)18;1-2-3-4-5-7-10-13-11-8-6-9-12-13;1-2-4-5-3-1;/h7-13H,1-6H3;2,6,8-9,11-12H,1,3-5,7H2;1-5H;. The summed E-state index contributed by atoms with van der Waals surface area (Å²) >= 11 is -2.70. The second-order valence-electron chi connectivity index (χ2n) is 13.7. The van der Waals surface area contributed by atoms with Gasteiger partial charge >= 0.3 is 252 Å². The molecule has 1 heteroatoms. The summed E-state index contributed by atoms with van der Waals surface area (Å²) < 4.78 is 2.91. The molecule has 0 nitrogen and oxygen atoms in total. The van der Waals surface area contributed by atoms with Crippen molar-refractivity contribution < 1.29 is 21.0 Å². The molecule has 0 amide bonds. The summed E-state index contributed by atoms with van der Waals surface area (Å²) in [5, 5.41) is 0. The van der Waals surface area contributed by atoms with Gasteiger partial charge in [-0.3, -0.25) is 0 Å². The fourth-order valence-electron chi connectivity index (χ4n) is 6.42. The van der Waals surface area contributed by atoms with Gasteiger partial charge in [-0.25, -0.2) is 0 Å². The molecule has 0 aromatic heterocycles. The molecule has 0 N–H and O–H groups in total. The number of fused-ring (bicyclic) bond motifs is 3. The molecule has 0 heterocycles. The fourth-order valence-corrected chi connectivity index (χ4v) is 20.4. The van der Waals surface area contributed by atoms with Gasteiger partial charge in [-0.1, -0.05) is 0 Å². The molecule has 2 aliphatic rings. The van der Waals surface area contributed by atoms with Gasteiger partial charge in [0.05, 0.1) is 0 Å². The molecule has 5 rings (SSSR count). The molecule has 0 saturated carbocycles. The second-order valence-corrected chi connectivity index (χ2v) is 23.6. The Morgan fingerprint density at radius 1 is 0.750 bits per heavy atom. The van der Waals surface area contributed by atoms with Gasteiger partial charge in [0.2, 0.25) is 0 Å². The number of rotatable bonds is 8. The van der Waals surface area contributed by atoms with Crippen LogP contribution in [0.15, 0.2) is 104 Å². The van der Waals surface area contributed by atoms with E-state index in [-0.39, 0.29) is 10.8 Å². The van der Waals surface area contributed by atoms with Crippen LogP contribution in [-0.2, 0) is 31.8 Å². The van der Waals surface area contributed by atoms with Gasteiger partial charge in [0.1, 0.15) is 0 Å². The Balaban J connectivity index is 1.81. The van der Waals surface area contributed by atoms with Crippen LogP contribution < -0.4 is 0 Å². The average Bonchev–Trinajstić information content (AvgIpc) is 3.56. The quantitative estimate of drug-likeness (QED) is 0.125. The van der Waals surface area contributed by atoms with Gasteiger partial charge in [-0.05, 0) is 0 Å². The van der Waals surface area contributed by atoms with Crippen LogP contribution in [0, 0.1) is 0 Å². The third-order valence-electron chi connectivity index (χ3n) is 8.72. The first-order chi connectivity index (χ1) is 19.1. The van der Waals surface area contributed by atoms with Crippen molar-refractivity contribution in [1.29, 1.82) is 0 Å². The Hall–Kier alpha value is -2.38. The SMILES string of the molecule is C=CCCCC[C](c1ccccc1)=[Hf]([CH]1C=CC=C1)[CH]1c2cc(C(C)(C)C)ccc2-c2ccc(C(C)(C)C)cc21. The number of hydrogen-bond acceptors (Lipinski definition) is 0. The number of hydrogen-bond donors (Lipinski definition) is 0. The van der Waals surface area contributed by atoms with Crippen LogP contribution in [0.5, 0.6) is 0 Å². The molecule has 0 bridgehead atoms. The minimum atomic E-state index is -2.70. The number of allylic oxidation sites excluding steroid dienone is 5. The third kappa shape index (κ3) is 5.96.